The molecule has 0 saturated carbocycles. The summed E-state index contributed by atoms with van der Waals surface area (Å²) in [5.41, 5.74) is 0.139. The highest BCUT2D eigenvalue weighted by molar-refractivity contribution is 5.97. The van der Waals surface area contributed by atoms with Crippen molar-refractivity contribution in [1.82, 2.24) is 0 Å². The van der Waals surface area contributed by atoms with Gasteiger partial charge in [-0.05, 0) is 31.4 Å². The number of hydrogen-bond acceptors (Lipinski definition) is 3. The molecule has 126 valence electrons. The highest BCUT2D eigenvalue weighted by Crippen LogP contribution is 2.41. The van der Waals surface area contributed by atoms with Crippen molar-refractivity contribution in [2.75, 3.05) is 18.6 Å². The quantitative estimate of drug-likeness (QED) is 0.852. The maximum absolute atomic E-state index is 13.0. The normalized spacial score (nSPS) is 26.3. The number of hydrogen-bond donors (Lipinski definition) is 0. The average molecular weight is 329 g/mol. The van der Waals surface area contributed by atoms with Crippen molar-refractivity contribution in [1.29, 1.82) is 0 Å². The van der Waals surface area contributed by atoms with E-state index in [2.05, 4.69) is 0 Å². The van der Waals surface area contributed by atoms with Gasteiger partial charge in [0, 0.05) is 0 Å². The van der Waals surface area contributed by atoms with Crippen molar-refractivity contribution in [3.05, 3.63) is 24.3 Å². The van der Waals surface area contributed by atoms with Gasteiger partial charge in [-0.25, -0.2) is 0 Å². The molecule has 7 heteroatoms. The highest BCUT2D eigenvalue weighted by Gasteiger charge is 2.47. The van der Waals surface area contributed by atoms with Crippen LogP contribution in [0.3, 0.4) is 0 Å². The topological polar surface area (TPSA) is 38.8 Å². The van der Waals surface area contributed by atoms with Gasteiger partial charge in [-0.1, -0.05) is 12.1 Å². The third kappa shape index (κ3) is 3.29. The number of carbonyl (C=O) groups is 1. The first-order valence-corrected chi connectivity index (χ1v) is 7.55. The van der Waals surface area contributed by atoms with Crippen LogP contribution >= 0.6 is 0 Å². The molecule has 2 aliphatic heterocycles. The maximum Gasteiger partial charge on any atom is 0.406 e. The Labute approximate surface area is 132 Å². The lowest BCUT2D eigenvalue weighted by atomic mass is 9.88. The molecular weight excluding hydrogens is 311 g/mol. The molecule has 2 saturated heterocycles. The van der Waals surface area contributed by atoms with Gasteiger partial charge in [-0.3, -0.25) is 9.69 Å². The van der Waals surface area contributed by atoms with Crippen molar-refractivity contribution >= 4 is 11.6 Å². The van der Waals surface area contributed by atoms with Gasteiger partial charge in [0.25, 0.3) is 0 Å². The fraction of sp³-hybridized carbons (Fsp3) is 0.562. The van der Waals surface area contributed by atoms with E-state index in [0.717, 1.165) is 17.7 Å². The standard InChI is InChI=1S/C16H18F3NO3/c1-22-14-5-3-2-4-12(14)20(9-16(17,18)19)15(21)11-8-10-6-7-13(11)23-10/h2-5,10-11,13H,6-9H2,1H3. The zero-order valence-corrected chi connectivity index (χ0v) is 12.7. The van der Waals surface area contributed by atoms with E-state index in [1.807, 2.05) is 0 Å². The molecule has 2 heterocycles. The van der Waals surface area contributed by atoms with E-state index in [1.165, 1.54) is 13.2 Å². The fourth-order valence-electron chi connectivity index (χ4n) is 3.41. The lowest BCUT2D eigenvalue weighted by Crippen LogP contribution is -2.45. The minimum Gasteiger partial charge on any atom is -0.495 e. The summed E-state index contributed by atoms with van der Waals surface area (Å²) in [5, 5.41) is 0. The SMILES string of the molecule is COc1ccccc1N(CC(F)(F)F)C(=O)C1CC2CCC1O2. The van der Waals surface area contributed by atoms with E-state index >= 15 is 0 Å². The number of fused-ring (bicyclic) bond motifs is 2. The second kappa shape index (κ2) is 6.03. The van der Waals surface area contributed by atoms with Crippen LogP contribution < -0.4 is 9.64 Å². The zero-order valence-electron chi connectivity index (χ0n) is 12.7. The highest BCUT2D eigenvalue weighted by atomic mass is 19.4. The lowest BCUT2D eigenvalue weighted by Gasteiger charge is -2.30. The molecule has 1 aromatic carbocycles. The number of ether oxygens (including phenoxy) is 2. The smallest absolute Gasteiger partial charge is 0.406 e. The van der Waals surface area contributed by atoms with Gasteiger partial charge in [0.15, 0.2) is 0 Å². The van der Waals surface area contributed by atoms with Crippen LogP contribution in [0.1, 0.15) is 19.3 Å². The van der Waals surface area contributed by atoms with Gasteiger partial charge in [0.1, 0.15) is 12.3 Å². The summed E-state index contributed by atoms with van der Waals surface area (Å²) < 4.78 is 49.7. The first-order chi connectivity index (χ1) is 10.9. The van der Waals surface area contributed by atoms with Crippen molar-refractivity contribution < 1.29 is 27.4 Å². The first-order valence-electron chi connectivity index (χ1n) is 7.55. The fourth-order valence-corrected chi connectivity index (χ4v) is 3.41. The molecule has 23 heavy (non-hydrogen) atoms. The molecule has 0 aromatic heterocycles. The monoisotopic (exact) mass is 329 g/mol. The number of rotatable bonds is 4. The Balaban J connectivity index is 1.90. The van der Waals surface area contributed by atoms with Gasteiger partial charge >= 0.3 is 6.18 Å². The summed E-state index contributed by atoms with van der Waals surface area (Å²) in [6.45, 7) is -1.33. The van der Waals surface area contributed by atoms with Gasteiger partial charge in [-0.15, -0.1) is 0 Å². The zero-order chi connectivity index (χ0) is 16.6. The van der Waals surface area contributed by atoms with E-state index in [1.54, 1.807) is 18.2 Å². The van der Waals surface area contributed by atoms with Gasteiger partial charge in [-0.2, -0.15) is 13.2 Å². The van der Waals surface area contributed by atoms with Crippen LogP contribution in [0, 0.1) is 5.92 Å². The number of para-hydroxylation sites is 2. The number of amides is 1. The van der Waals surface area contributed by atoms with Crippen LogP contribution in [0.5, 0.6) is 5.75 Å². The molecular formula is C16H18F3NO3. The van der Waals surface area contributed by atoms with Gasteiger partial charge in [0.2, 0.25) is 5.91 Å². The minimum atomic E-state index is -4.49. The Morgan fingerprint density at radius 2 is 2.09 bits per heavy atom. The summed E-state index contributed by atoms with van der Waals surface area (Å²) in [6.07, 6.45) is -2.66. The van der Waals surface area contributed by atoms with E-state index < -0.39 is 24.5 Å². The average Bonchev–Trinajstić information content (AvgIpc) is 3.14. The van der Waals surface area contributed by atoms with Crippen molar-refractivity contribution in [3.8, 4) is 5.75 Å². The second-order valence-corrected chi connectivity index (χ2v) is 5.93. The number of anilines is 1. The maximum atomic E-state index is 13.0. The molecule has 3 rings (SSSR count). The summed E-state index contributed by atoms with van der Waals surface area (Å²) in [5.74, 6) is -0.811. The van der Waals surface area contributed by atoms with Crippen LogP contribution in [-0.4, -0.2) is 37.9 Å². The largest absolute Gasteiger partial charge is 0.495 e. The molecule has 0 spiro atoms. The summed E-state index contributed by atoms with van der Waals surface area (Å²) >= 11 is 0. The number of benzene rings is 1. The van der Waals surface area contributed by atoms with Gasteiger partial charge in [0.05, 0.1) is 30.9 Å². The Morgan fingerprint density at radius 3 is 2.65 bits per heavy atom. The second-order valence-electron chi connectivity index (χ2n) is 5.93. The molecule has 3 unspecified atom stereocenters. The summed E-state index contributed by atoms with van der Waals surface area (Å²) in [4.78, 5) is 13.6. The molecule has 2 fully saturated rings. The lowest BCUT2D eigenvalue weighted by molar-refractivity contribution is -0.135. The number of nitrogens with zero attached hydrogens (tertiary/aromatic N) is 1. The third-order valence-corrected chi connectivity index (χ3v) is 4.40. The van der Waals surface area contributed by atoms with E-state index in [0.29, 0.717) is 6.42 Å². The number of alkyl halides is 3. The molecule has 0 radical (unpaired) electrons. The summed E-state index contributed by atoms with van der Waals surface area (Å²) in [6, 6.07) is 6.25. The Hall–Kier alpha value is -1.76. The van der Waals surface area contributed by atoms with Crippen LogP contribution in [0.4, 0.5) is 18.9 Å². The number of methoxy groups -OCH3 is 1. The Bertz CT molecular complexity index is 590. The predicted octanol–water partition coefficient (Wildman–Crippen LogP) is 3.16. The molecule has 0 aliphatic carbocycles. The third-order valence-electron chi connectivity index (χ3n) is 4.40. The molecule has 1 aromatic rings. The summed E-state index contributed by atoms with van der Waals surface area (Å²) in [7, 11) is 1.37. The first kappa shape index (κ1) is 16.1. The number of carbonyl (C=O) groups excluding carboxylic acids is 1. The molecule has 1 amide bonds. The molecule has 4 nitrogen and oxygen atoms in total. The van der Waals surface area contributed by atoms with Crippen molar-refractivity contribution in [3.63, 3.8) is 0 Å². The van der Waals surface area contributed by atoms with Gasteiger partial charge < -0.3 is 9.47 Å². The van der Waals surface area contributed by atoms with Crippen LogP contribution in [0.2, 0.25) is 0 Å². The predicted molar refractivity (Wildman–Crippen MR) is 77.4 cm³/mol. The van der Waals surface area contributed by atoms with Crippen LogP contribution in [0.15, 0.2) is 24.3 Å². The molecule has 3 atom stereocenters. The molecule has 2 bridgehead atoms. The minimum absolute atomic E-state index is 0.000597. The number of halogens is 3. The molecule has 0 N–H and O–H groups in total. The van der Waals surface area contributed by atoms with Crippen LogP contribution in [0.25, 0.3) is 0 Å². The Kier molecular flexibility index (Phi) is 4.23. The van der Waals surface area contributed by atoms with Crippen LogP contribution in [-0.2, 0) is 9.53 Å². The van der Waals surface area contributed by atoms with Crippen molar-refractivity contribution in [2.45, 2.75) is 37.6 Å². The van der Waals surface area contributed by atoms with E-state index in [9.17, 15) is 18.0 Å². The Morgan fingerprint density at radius 1 is 1.35 bits per heavy atom. The van der Waals surface area contributed by atoms with E-state index in [-0.39, 0.29) is 23.6 Å². The van der Waals surface area contributed by atoms with Crippen molar-refractivity contribution in [2.24, 2.45) is 5.92 Å². The van der Waals surface area contributed by atoms with E-state index in [4.69, 9.17) is 9.47 Å². The molecule has 2 aliphatic rings.